The van der Waals surface area contributed by atoms with Crippen LogP contribution in [-0.2, 0) is 13.2 Å². The number of nitrogens with zero attached hydrogens (tertiary/aromatic N) is 3. The molecule has 0 bridgehead atoms. The second-order valence-corrected chi connectivity index (χ2v) is 5.97. The van der Waals surface area contributed by atoms with Gasteiger partial charge in [0.15, 0.2) is 0 Å². The van der Waals surface area contributed by atoms with Gasteiger partial charge in [0.1, 0.15) is 12.4 Å². The Morgan fingerprint density at radius 3 is 2.20 bits per heavy atom. The fourth-order valence-corrected chi connectivity index (χ4v) is 2.40. The number of benzene rings is 2. The average Bonchev–Trinajstić information content (AvgIpc) is 2.80. The van der Waals surface area contributed by atoms with Crippen LogP contribution in [-0.4, -0.2) is 4.98 Å². The van der Waals surface area contributed by atoms with E-state index >= 15 is 0 Å². The maximum Gasteiger partial charge on any atom is 0.141 e. The van der Waals surface area contributed by atoms with Gasteiger partial charge in [-0.2, -0.15) is 10.5 Å². The number of nitriles is 2. The number of hydrogen-bond donors (Lipinski definition) is 1. The van der Waals surface area contributed by atoms with Gasteiger partial charge in [-0.15, -0.1) is 0 Å². The third-order valence-corrected chi connectivity index (χ3v) is 3.84. The summed E-state index contributed by atoms with van der Waals surface area (Å²) in [6.45, 7) is 8.54. The topological polar surface area (TPSA) is 81.7 Å². The van der Waals surface area contributed by atoms with Crippen molar-refractivity contribution in [1.29, 1.82) is 10.5 Å². The van der Waals surface area contributed by atoms with Crippen LogP contribution in [0.5, 0.6) is 5.75 Å². The van der Waals surface area contributed by atoms with E-state index in [0.717, 1.165) is 28.3 Å². The average molecular weight is 401 g/mol. The summed E-state index contributed by atoms with van der Waals surface area (Å²) in [5.41, 5.74) is 4.66. The third-order valence-electron chi connectivity index (χ3n) is 3.84. The van der Waals surface area contributed by atoms with E-state index in [9.17, 15) is 0 Å². The summed E-state index contributed by atoms with van der Waals surface area (Å²) in [7, 11) is 0. The lowest BCUT2D eigenvalue weighted by Crippen LogP contribution is -2.03. The van der Waals surface area contributed by atoms with Crippen LogP contribution in [0.4, 0.5) is 5.69 Å². The summed E-state index contributed by atoms with van der Waals surface area (Å²) in [5.74, 6) is 0.794. The smallest absolute Gasteiger partial charge is 0.141 e. The maximum atomic E-state index is 8.83. The van der Waals surface area contributed by atoms with Crippen LogP contribution in [0, 0.1) is 29.6 Å². The van der Waals surface area contributed by atoms with Crippen LogP contribution in [0.1, 0.15) is 43.2 Å². The number of rotatable bonds is 6. The molecule has 0 fully saturated rings. The number of hydrogen-bond acceptors (Lipinski definition) is 5. The van der Waals surface area contributed by atoms with E-state index < -0.39 is 0 Å². The minimum atomic E-state index is 0.524. The summed E-state index contributed by atoms with van der Waals surface area (Å²) >= 11 is 0. The summed E-state index contributed by atoms with van der Waals surface area (Å²) in [5, 5.41) is 19.5. The van der Waals surface area contributed by atoms with E-state index in [2.05, 4.69) is 16.4 Å². The van der Waals surface area contributed by atoms with E-state index in [4.69, 9.17) is 15.3 Å². The quantitative estimate of drug-likeness (QED) is 0.548. The number of anilines is 1. The van der Waals surface area contributed by atoms with Gasteiger partial charge in [-0.25, -0.2) is 0 Å². The molecule has 0 radical (unpaired) electrons. The van der Waals surface area contributed by atoms with E-state index in [0.29, 0.717) is 18.7 Å². The highest BCUT2D eigenvalue weighted by Gasteiger charge is 2.04. The van der Waals surface area contributed by atoms with Crippen molar-refractivity contribution in [3.8, 4) is 17.9 Å². The molecule has 0 atom stereocenters. The van der Waals surface area contributed by atoms with Gasteiger partial charge in [0.2, 0.25) is 0 Å². The number of pyridine rings is 1. The van der Waals surface area contributed by atoms with Gasteiger partial charge in [0, 0.05) is 25.4 Å². The van der Waals surface area contributed by atoms with Crippen LogP contribution < -0.4 is 10.1 Å². The zero-order valence-electron chi connectivity index (χ0n) is 18.0. The molecule has 0 aliphatic rings. The zero-order chi connectivity index (χ0) is 22.2. The molecule has 3 aromatic rings. The molecule has 0 unspecified atom stereocenters. The minimum Gasteiger partial charge on any atom is -0.487 e. The van der Waals surface area contributed by atoms with E-state index in [-0.39, 0.29) is 0 Å². The number of aryl methyl sites for hydroxylation is 1. The number of ether oxygens (including phenoxy) is 1. The van der Waals surface area contributed by atoms with Crippen LogP contribution >= 0.6 is 0 Å². The van der Waals surface area contributed by atoms with E-state index in [1.165, 1.54) is 6.92 Å². The highest BCUT2D eigenvalue weighted by Crippen LogP contribution is 2.19. The van der Waals surface area contributed by atoms with Gasteiger partial charge in [-0.3, -0.25) is 4.98 Å². The molecule has 3 rings (SSSR count). The Hall–Kier alpha value is -3.83. The van der Waals surface area contributed by atoms with Gasteiger partial charge in [-0.05, 0) is 48.4 Å². The molecule has 0 aliphatic carbocycles. The van der Waals surface area contributed by atoms with Crippen molar-refractivity contribution in [3.05, 3.63) is 89.2 Å². The van der Waals surface area contributed by atoms with Crippen LogP contribution in [0.3, 0.4) is 0 Å². The van der Waals surface area contributed by atoms with Crippen molar-refractivity contribution in [2.24, 2.45) is 0 Å². The fourth-order valence-electron chi connectivity index (χ4n) is 2.40. The number of aromatic nitrogens is 1. The van der Waals surface area contributed by atoms with Crippen molar-refractivity contribution < 1.29 is 4.74 Å². The van der Waals surface area contributed by atoms with Crippen molar-refractivity contribution in [2.45, 2.75) is 40.8 Å². The third kappa shape index (κ3) is 8.46. The van der Waals surface area contributed by atoms with Gasteiger partial charge in [0.25, 0.3) is 0 Å². The van der Waals surface area contributed by atoms with Gasteiger partial charge in [-0.1, -0.05) is 44.2 Å². The molecule has 0 spiro atoms. The lowest BCUT2D eigenvalue weighted by molar-refractivity contribution is 0.302. The van der Waals surface area contributed by atoms with Crippen molar-refractivity contribution in [1.82, 2.24) is 4.98 Å². The van der Waals surface area contributed by atoms with Gasteiger partial charge >= 0.3 is 0 Å². The fraction of sp³-hybridized carbons (Fsp3) is 0.240. The molecule has 1 heterocycles. The number of nitrogens with one attached hydrogen (secondary N) is 1. The molecule has 5 heteroatoms. The standard InChI is InChI=1S/C21H19N3O.C2H3N.C2H6/c1-16-21(25-15-18-5-3-2-4-6-18)11-19(13-23-16)14-24-20-9-7-17(12-22)8-10-20;1-2-3;1-2/h2-11,13,24H,14-15H2,1H3;1H3;1-2H3. The second kappa shape index (κ2) is 14.2. The van der Waals surface area contributed by atoms with E-state index in [1.54, 1.807) is 18.2 Å². The molecule has 0 aliphatic heterocycles. The van der Waals surface area contributed by atoms with Gasteiger partial charge in [0.05, 0.1) is 23.4 Å². The van der Waals surface area contributed by atoms with Gasteiger partial charge < -0.3 is 10.1 Å². The minimum absolute atomic E-state index is 0.524. The van der Waals surface area contributed by atoms with Crippen molar-refractivity contribution in [3.63, 3.8) is 0 Å². The molecule has 154 valence electrons. The van der Waals surface area contributed by atoms with Crippen molar-refractivity contribution in [2.75, 3.05) is 5.32 Å². The second-order valence-electron chi connectivity index (χ2n) is 5.97. The first kappa shape index (κ1) is 24.2. The van der Waals surface area contributed by atoms with Crippen molar-refractivity contribution >= 4 is 5.69 Å². The lowest BCUT2D eigenvalue weighted by Gasteiger charge is -2.11. The first-order chi connectivity index (χ1) is 14.7. The Balaban J connectivity index is 0.000000826. The normalized spacial score (nSPS) is 8.87. The molecule has 1 aromatic heterocycles. The Bertz CT molecular complexity index is 955. The summed E-state index contributed by atoms with van der Waals surface area (Å²) < 4.78 is 5.92. The molecule has 0 saturated heterocycles. The SMILES string of the molecule is CC.CC#N.Cc1ncc(CNc2ccc(C#N)cc2)cc1OCc1ccccc1. The largest absolute Gasteiger partial charge is 0.487 e. The predicted octanol–water partition coefficient (Wildman–Crippen LogP) is 6.01. The molecule has 2 aromatic carbocycles. The molecule has 1 N–H and O–H groups in total. The molecule has 0 amide bonds. The molecule has 0 saturated carbocycles. The zero-order valence-corrected chi connectivity index (χ0v) is 18.0. The summed E-state index contributed by atoms with van der Waals surface area (Å²) in [6.07, 6.45) is 1.85. The Morgan fingerprint density at radius 2 is 1.60 bits per heavy atom. The monoisotopic (exact) mass is 400 g/mol. The Kier molecular flexibility index (Phi) is 11.5. The molecule has 5 nitrogen and oxygen atoms in total. The molecular weight excluding hydrogens is 372 g/mol. The van der Waals surface area contributed by atoms with Crippen LogP contribution in [0.2, 0.25) is 0 Å². The highest BCUT2D eigenvalue weighted by atomic mass is 16.5. The highest BCUT2D eigenvalue weighted by molar-refractivity contribution is 5.47. The molecular formula is C25H28N4O. The first-order valence-electron chi connectivity index (χ1n) is 9.83. The maximum absolute atomic E-state index is 8.83. The van der Waals surface area contributed by atoms with Crippen LogP contribution in [0.15, 0.2) is 66.9 Å². The summed E-state index contributed by atoms with van der Waals surface area (Å²) in [4.78, 5) is 4.42. The lowest BCUT2D eigenvalue weighted by atomic mass is 10.2. The molecule has 30 heavy (non-hydrogen) atoms. The predicted molar refractivity (Wildman–Crippen MR) is 121 cm³/mol. The first-order valence-corrected chi connectivity index (χ1v) is 9.83. The summed E-state index contributed by atoms with van der Waals surface area (Å²) in [6, 6.07) is 23.3. The Morgan fingerprint density at radius 1 is 0.967 bits per heavy atom. The van der Waals surface area contributed by atoms with Crippen LogP contribution in [0.25, 0.3) is 0 Å². The van der Waals surface area contributed by atoms with E-state index in [1.807, 2.05) is 75.5 Å². The Labute approximate surface area is 179 Å².